The van der Waals surface area contributed by atoms with Gasteiger partial charge >= 0.3 is 11.9 Å². The van der Waals surface area contributed by atoms with E-state index in [-0.39, 0.29) is 11.3 Å². The third kappa shape index (κ3) is 2.33. The van der Waals surface area contributed by atoms with Gasteiger partial charge in [0, 0.05) is 5.70 Å². The maximum Gasteiger partial charge on any atom is 0.353 e. The van der Waals surface area contributed by atoms with Gasteiger partial charge in [-0.05, 0) is 12.5 Å². The van der Waals surface area contributed by atoms with E-state index in [9.17, 15) is 14.7 Å². The molecule has 0 fully saturated rings. The maximum atomic E-state index is 11.4. The van der Waals surface area contributed by atoms with Gasteiger partial charge in [-0.3, -0.25) is 5.43 Å². The molecular weight excluding hydrogens is 248 g/mol. The number of hydrazone groups is 1. The molecule has 0 saturated carbocycles. The lowest BCUT2D eigenvalue weighted by Gasteiger charge is -2.24. The van der Waals surface area contributed by atoms with Crippen LogP contribution in [0.2, 0.25) is 0 Å². The molecule has 6 heteroatoms. The Bertz CT molecular complexity index is 590. The molecule has 1 aromatic carbocycles. The Labute approximate surface area is 109 Å². The van der Waals surface area contributed by atoms with E-state index in [0.717, 1.165) is 0 Å². The number of allylic oxidation sites excluding steroid dienone is 1. The van der Waals surface area contributed by atoms with Crippen LogP contribution in [0.5, 0.6) is 0 Å². The van der Waals surface area contributed by atoms with Crippen LogP contribution >= 0.6 is 0 Å². The molecule has 1 heterocycles. The molecular formula is C13H12N2O4. The van der Waals surface area contributed by atoms with Crippen LogP contribution in [-0.4, -0.2) is 27.9 Å². The minimum Gasteiger partial charge on any atom is -0.478 e. The minimum absolute atomic E-state index is 0.00130. The normalized spacial score (nSPS) is 18.6. The molecule has 0 amide bonds. The van der Waals surface area contributed by atoms with Crippen LogP contribution in [0.15, 0.2) is 46.7 Å². The Morgan fingerprint density at radius 3 is 2.32 bits per heavy atom. The van der Waals surface area contributed by atoms with Crippen LogP contribution < -0.4 is 5.43 Å². The van der Waals surface area contributed by atoms with E-state index in [1.165, 1.54) is 0 Å². The van der Waals surface area contributed by atoms with Crippen molar-refractivity contribution in [3.8, 4) is 0 Å². The second-order valence-corrected chi connectivity index (χ2v) is 4.10. The molecule has 0 spiro atoms. The fraction of sp³-hybridized carbons (Fsp3) is 0.154. The lowest BCUT2D eigenvalue weighted by molar-refractivity contribution is -0.132. The van der Waals surface area contributed by atoms with Gasteiger partial charge in [-0.2, -0.15) is 5.10 Å². The van der Waals surface area contributed by atoms with E-state index in [0.29, 0.717) is 11.3 Å². The van der Waals surface area contributed by atoms with Crippen LogP contribution in [0, 0.1) is 0 Å². The second kappa shape index (κ2) is 4.93. The molecule has 2 rings (SSSR count). The van der Waals surface area contributed by atoms with Crippen molar-refractivity contribution in [2.45, 2.75) is 12.8 Å². The summed E-state index contributed by atoms with van der Waals surface area (Å²) in [5.74, 6) is -3.28. The van der Waals surface area contributed by atoms with Crippen LogP contribution in [0.1, 0.15) is 18.4 Å². The maximum absolute atomic E-state index is 11.4. The quantitative estimate of drug-likeness (QED) is 0.757. The van der Waals surface area contributed by atoms with Crippen LogP contribution in [0.3, 0.4) is 0 Å². The molecule has 1 aliphatic heterocycles. The minimum atomic E-state index is -1.24. The second-order valence-electron chi connectivity index (χ2n) is 4.10. The van der Waals surface area contributed by atoms with Crippen LogP contribution in [-0.2, 0) is 9.59 Å². The number of carbonyl (C=O) groups is 2. The zero-order chi connectivity index (χ0) is 14.0. The standard InChI is InChI=1S/C13H12N2O4/c1-7-9(12(16)17)10(8-5-3-2-4-6-8)11(13(18)19)15-14-7/h2-6,10,14H,1H3,(H,16,17)(H,18,19). The molecule has 1 aromatic rings. The molecule has 0 saturated heterocycles. The molecule has 0 bridgehead atoms. The SMILES string of the molecule is CC1=C(C(=O)O)C(c2ccccc2)C(C(=O)O)=NN1. The molecule has 0 aliphatic carbocycles. The fourth-order valence-corrected chi connectivity index (χ4v) is 2.05. The summed E-state index contributed by atoms with van der Waals surface area (Å²) in [6, 6.07) is 8.60. The van der Waals surface area contributed by atoms with Gasteiger partial charge in [-0.15, -0.1) is 0 Å². The first-order chi connectivity index (χ1) is 9.02. The number of hydrogen-bond donors (Lipinski definition) is 3. The first-order valence-corrected chi connectivity index (χ1v) is 5.58. The Morgan fingerprint density at radius 2 is 1.79 bits per heavy atom. The van der Waals surface area contributed by atoms with Gasteiger partial charge < -0.3 is 10.2 Å². The van der Waals surface area contributed by atoms with E-state index >= 15 is 0 Å². The van der Waals surface area contributed by atoms with Gasteiger partial charge in [-0.25, -0.2) is 9.59 Å². The third-order valence-corrected chi connectivity index (χ3v) is 2.89. The summed E-state index contributed by atoms with van der Waals surface area (Å²) in [4.78, 5) is 22.6. The van der Waals surface area contributed by atoms with Gasteiger partial charge in [0.15, 0.2) is 5.71 Å². The Hall–Kier alpha value is -2.63. The topological polar surface area (TPSA) is 99.0 Å². The lowest BCUT2D eigenvalue weighted by Crippen LogP contribution is -2.34. The molecule has 98 valence electrons. The summed E-state index contributed by atoms with van der Waals surface area (Å²) in [5, 5.41) is 22.2. The summed E-state index contributed by atoms with van der Waals surface area (Å²) in [5.41, 5.74) is 3.15. The molecule has 1 atom stereocenters. The summed E-state index contributed by atoms with van der Waals surface area (Å²) in [7, 11) is 0. The summed E-state index contributed by atoms with van der Waals surface area (Å²) >= 11 is 0. The number of aliphatic carboxylic acids is 2. The number of nitrogens with zero attached hydrogens (tertiary/aromatic N) is 1. The number of nitrogens with one attached hydrogen (secondary N) is 1. The van der Waals surface area contributed by atoms with Crippen molar-refractivity contribution in [3.05, 3.63) is 47.2 Å². The molecule has 19 heavy (non-hydrogen) atoms. The van der Waals surface area contributed by atoms with E-state index in [1.54, 1.807) is 37.3 Å². The summed E-state index contributed by atoms with van der Waals surface area (Å²) < 4.78 is 0. The molecule has 6 nitrogen and oxygen atoms in total. The van der Waals surface area contributed by atoms with Gasteiger partial charge in [0.1, 0.15) is 0 Å². The monoisotopic (exact) mass is 260 g/mol. The van der Waals surface area contributed by atoms with Gasteiger partial charge in [-0.1, -0.05) is 30.3 Å². The highest BCUT2D eigenvalue weighted by Gasteiger charge is 2.35. The van der Waals surface area contributed by atoms with E-state index < -0.39 is 17.9 Å². The Kier molecular flexibility index (Phi) is 3.33. The predicted octanol–water partition coefficient (Wildman–Crippen LogP) is 1.17. The van der Waals surface area contributed by atoms with Crippen molar-refractivity contribution in [1.29, 1.82) is 0 Å². The summed E-state index contributed by atoms with van der Waals surface area (Å²) in [6.07, 6.45) is 0. The molecule has 1 aliphatic rings. The number of rotatable bonds is 3. The van der Waals surface area contributed by atoms with E-state index in [2.05, 4.69) is 10.5 Å². The van der Waals surface area contributed by atoms with Crippen LogP contribution in [0.25, 0.3) is 0 Å². The number of carboxylic acid groups (broad SMARTS) is 2. The number of benzene rings is 1. The van der Waals surface area contributed by atoms with Gasteiger partial charge in [0.25, 0.3) is 0 Å². The van der Waals surface area contributed by atoms with Crippen molar-refractivity contribution in [3.63, 3.8) is 0 Å². The molecule has 3 N–H and O–H groups in total. The smallest absolute Gasteiger partial charge is 0.353 e. The number of hydrogen-bond acceptors (Lipinski definition) is 4. The Morgan fingerprint density at radius 1 is 1.16 bits per heavy atom. The largest absolute Gasteiger partial charge is 0.478 e. The van der Waals surface area contributed by atoms with Gasteiger partial charge in [0.2, 0.25) is 0 Å². The zero-order valence-electron chi connectivity index (χ0n) is 10.1. The van der Waals surface area contributed by atoms with E-state index in [4.69, 9.17) is 5.11 Å². The van der Waals surface area contributed by atoms with Crippen molar-refractivity contribution in [2.24, 2.45) is 5.10 Å². The predicted molar refractivity (Wildman–Crippen MR) is 67.7 cm³/mol. The van der Waals surface area contributed by atoms with E-state index in [1.807, 2.05) is 0 Å². The highest BCUT2D eigenvalue weighted by molar-refractivity contribution is 6.39. The highest BCUT2D eigenvalue weighted by atomic mass is 16.4. The van der Waals surface area contributed by atoms with Crippen molar-refractivity contribution in [1.82, 2.24) is 5.43 Å². The summed E-state index contributed by atoms with van der Waals surface area (Å²) in [6.45, 7) is 1.56. The van der Waals surface area contributed by atoms with Gasteiger partial charge in [0.05, 0.1) is 11.5 Å². The third-order valence-electron chi connectivity index (χ3n) is 2.89. The van der Waals surface area contributed by atoms with Crippen LogP contribution in [0.4, 0.5) is 0 Å². The number of carboxylic acids is 2. The first kappa shape index (κ1) is 12.8. The fourth-order valence-electron chi connectivity index (χ4n) is 2.05. The van der Waals surface area contributed by atoms with Crippen molar-refractivity contribution >= 4 is 17.7 Å². The Balaban J connectivity index is 2.59. The molecule has 0 radical (unpaired) electrons. The highest BCUT2D eigenvalue weighted by Crippen LogP contribution is 2.30. The molecule has 0 aromatic heterocycles. The average molecular weight is 260 g/mol. The van der Waals surface area contributed by atoms with Crippen molar-refractivity contribution < 1.29 is 19.8 Å². The lowest BCUT2D eigenvalue weighted by atomic mass is 9.85. The van der Waals surface area contributed by atoms with Crippen molar-refractivity contribution in [2.75, 3.05) is 0 Å². The zero-order valence-corrected chi connectivity index (χ0v) is 10.1. The molecule has 1 unspecified atom stereocenters. The average Bonchev–Trinajstić information content (AvgIpc) is 2.38. The first-order valence-electron chi connectivity index (χ1n) is 5.58.